The molecule has 2 aromatic rings. The zero-order chi connectivity index (χ0) is 11.5. The molecule has 16 heavy (non-hydrogen) atoms. The molecule has 1 aromatic carbocycles. The van der Waals surface area contributed by atoms with E-state index in [1.807, 2.05) is 6.07 Å². The number of rotatable bonds is 1. The van der Waals surface area contributed by atoms with Crippen LogP contribution in [0.15, 0.2) is 41.2 Å². The molecule has 1 N–H and O–H groups in total. The molecule has 0 spiro atoms. The summed E-state index contributed by atoms with van der Waals surface area (Å²) >= 11 is 5.76. The predicted molar refractivity (Wildman–Crippen MR) is 62.2 cm³/mol. The fourth-order valence-corrected chi connectivity index (χ4v) is 1.49. The highest BCUT2D eigenvalue weighted by atomic mass is 35.5. The van der Waals surface area contributed by atoms with E-state index < -0.39 is 0 Å². The van der Waals surface area contributed by atoms with E-state index >= 15 is 0 Å². The first-order valence-electron chi connectivity index (χ1n) is 4.60. The van der Waals surface area contributed by atoms with E-state index in [2.05, 4.69) is 4.98 Å². The van der Waals surface area contributed by atoms with E-state index in [4.69, 9.17) is 16.9 Å². The summed E-state index contributed by atoms with van der Waals surface area (Å²) in [5.41, 5.74) is 1.25. The lowest BCUT2D eigenvalue weighted by Crippen LogP contribution is -2.09. The van der Waals surface area contributed by atoms with Gasteiger partial charge < -0.3 is 4.98 Å². The first-order valence-corrected chi connectivity index (χ1v) is 4.98. The minimum Gasteiger partial charge on any atom is -0.321 e. The molecule has 0 unspecified atom stereocenters. The number of hydrogen-bond acceptors (Lipinski definition) is 2. The van der Waals surface area contributed by atoms with Crippen molar-refractivity contribution in [3.63, 3.8) is 0 Å². The van der Waals surface area contributed by atoms with Crippen LogP contribution in [0.25, 0.3) is 11.3 Å². The second-order valence-corrected chi connectivity index (χ2v) is 3.67. The fourth-order valence-electron chi connectivity index (χ4n) is 1.36. The van der Waals surface area contributed by atoms with Crippen molar-refractivity contribution in [2.75, 3.05) is 0 Å². The summed E-state index contributed by atoms with van der Waals surface area (Å²) in [6, 6.07) is 12.1. The van der Waals surface area contributed by atoms with Gasteiger partial charge in [0.15, 0.2) is 0 Å². The summed E-state index contributed by atoms with van der Waals surface area (Å²) in [5.74, 6) is 0. The van der Waals surface area contributed by atoms with Crippen LogP contribution >= 0.6 is 11.6 Å². The zero-order valence-corrected chi connectivity index (χ0v) is 8.95. The molecule has 1 heterocycles. The molecule has 4 heteroatoms. The van der Waals surface area contributed by atoms with Crippen molar-refractivity contribution in [2.45, 2.75) is 0 Å². The van der Waals surface area contributed by atoms with Crippen molar-refractivity contribution in [1.82, 2.24) is 4.98 Å². The van der Waals surface area contributed by atoms with Gasteiger partial charge in [-0.1, -0.05) is 23.7 Å². The van der Waals surface area contributed by atoms with Crippen LogP contribution in [0.2, 0.25) is 5.02 Å². The fraction of sp³-hybridized carbons (Fsp3) is 0. The lowest BCUT2D eigenvalue weighted by Gasteiger charge is -2.01. The number of aromatic amines is 1. The molecule has 0 atom stereocenters. The summed E-state index contributed by atoms with van der Waals surface area (Å²) < 4.78 is 0. The van der Waals surface area contributed by atoms with Crippen molar-refractivity contribution < 1.29 is 0 Å². The van der Waals surface area contributed by atoms with Crippen molar-refractivity contribution in [1.29, 1.82) is 5.26 Å². The van der Waals surface area contributed by atoms with Crippen LogP contribution in [0.1, 0.15) is 5.56 Å². The largest absolute Gasteiger partial charge is 0.321 e. The molecule has 78 valence electrons. The number of nitrogens with one attached hydrogen (secondary N) is 1. The van der Waals surface area contributed by atoms with E-state index in [0.29, 0.717) is 10.7 Å². The number of H-pyrrole nitrogens is 1. The lowest BCUT2D eigenvalue weighted by molar-refractivity contribution is 1.22. The normalized spacial score (nSPS) is 9.75. The molecule has 0 aliphatic rings. The molecule has 0 aliphatic heterocycles. The minimum atomic E-state index is -0.380. The van der Waals surface area contributed by atoms with Crippen molar-refractivity contribution in [3.8, 4) is 17.3 Å². The van der Waals surface area contributed by atoms with Crippen LogP contribution in [0, 0.1) is 11.3 Å². The molecule has 1 aromatic heterocycles. The monoisotopic (exact) mass is 230 g/mol. The van der Waals surface area contributed by atoms with E-state index in [0.717, 1.165) is 5.56 Å². The maximum absolute atomic E-state index is 11.4. The highest BCUT2D eigenvalue weighted by molar-refractivity contribution is 6.30. The molecular formula is C12H7ClN2O. The quantitative estimate of drug-likeness (QED) is 0.819. The number of nitrogens with zero attached hydrogens (tertiary/aromatic N) is 1. The molecular weight excluding hydrogens is 224 g/mol. The van der Waals surface area contributed by atoms with E-state index in [-0.39, 0.29) is 11.1 Å². The Kier molecular flexibility index (Phi) is 2.76. The van der Waals surface area contributed by atoms with Crippen LogP contribution in [0.3, 0.4) is 0 Å². The number of pyridine rings is 1. The molecule has 0 saturated heterocycles. The third kappa shape index (κ3) is 1.97. The molecule has 0 fully saturated rings. The Morgan fingerprint density at radius 2 is 1.81 bits per heavy atom. The van der Waals surface area contributed by atoms with Gasteiger partial charge in [0.1, 0.15) is 11.6 Å². The van der Waals surface area contributed by atoms with Gasteiger partial charge >= 0.3 is 0 Å². The topological polar surface area (TPSA) is 56.6 Å². The van der Waals surface area contributed by atoms with Crippen LogP contribution < -0.4 is 5.56 Å². The maximum atomic E-state index is 11.4. The SMILES string of the molecule is N#Cc1ccc(-c2ccc(Cl)cc2)[nH]c1=O. The van der Waals surface area contributed by atoms with Crippen LogP contribution in [0.5, 0.6) is 0 Å². The summed E-state index contributed by atoms with van der Waals surface area (Å²) in [6.07, 6.45) is 0. The van der Waals surface area contributed by atoms with Crippen LogP contribution in [-0.2, 0) is 0 Å². The Bertz CT molecular complexity index is 608. The first-order chi connectivity index (χ1) is 7.70. The third-order valence-corrected chi connectivity index (χ3v) is 2.44. The van der Waals surface area contributed by atoms with Gasteiger partial charge in [-0.05, 0) is 29.8 Å². The average molecular weight is 231 g/mol. The molecule has 2 rings (SSSR count). The number of halogens is 1. The molecule has 0 bridgehead atoms. The minimum absolute atomic E-state index is 0.109. The number of nitriles is 1. The average Bonchev–Trinajstić information content (AvgIpc) is 2.30. The predicted octanol–water partition coefficient (Wildman–Crippen LogP) is 2.57. The number of benzene rings is 1. The summed E-state index contributed by atoms with van der Waals surface area (Å²) in [5, 5.41) is 9.27. The van der Waals surface area contributed by atoms with Crippen LogP contribution in [0.4, 0.5) is 0 Å². The van der Waals surface area contributed by atoms with Gasteiger partial charge in [-0.25, -0.2) is 0 Å². The molecule has 3 nitrogen and oxygen atoms in total. The van der Waals surface area contributed by atoms with Crippen LogP contribution in [-0.4, -0.2) is 4.98 Å². The van der Waals surface area contributed by atoms with Gasteiger partial charge in [0, 0.05) is 10.7 Å². The Morgan fingerprint density at radius 3 is 2.38 bits per heavy atom. The zero-order valence-electron chi connectivity index (χ0n) is 8.20. The van der Waals surface area contributed by atoms with Crippen molar-refractivity contribution in [3.05, 3.63) is 57.3 Å². The molecule has 0 radical (unpaired) electrons. The number of aromatic nitrogens is 1. The van der Waals surface area contributed by atoms with E-state index in [9.17, 15) is 4.79 Å². The maximum Gasteiger partial charge on any atom is 0.266 e. The molecule has 0 amide bonds. The standard InChI is InChI=1S/C12H7ClN2O/c13-10-4-1-8(2-5-10)11-6-3-9(7-14)12(16)15-11/h1-6H,(H,15,16). The molecule has 0 saturated carbocycles. The van der Waals surface area contributed by atoms with E-state index in [1.165, 1.54) is 6.07 Å². The van der Waals surface area contributed by atoms with Gasteiger partial charge in [0.2, 0.25) is 0 Å². The van der Waals surface area contributed by atoms with Gasteiger partial charge in [0.25, 0.3) is 5.56 Å². The lowest BCUT2D eigenvalue weighted by atomic mass is 10.1. The van der Waals surface area contributed by atoms with Crippen molar-refractivity contribution >= 4 is 11.6 Å². The Morgan fingerprint density at radius 1 is 1.12 bits per heavy atom. The summed E-state index contributed by atoms with van der Waals surface area (Å²) in [4.78, 5) is 14.0. The van der Waals surface area contributed by atoms with Crippen molar-refractivity contribution in [2.24, 2.45) is 0 Å². The highest BCUT2D eigenvalue weighted by Gasteiger charge is 2.01. The Balaban J connectivity index is 2.50. The van der Waals surface area contributed by atoms with Gasteiger partial charge in [0.05, 0.1) is 0 Å². The van der Waals surface area contributed by atoms with Gasteiger partial charge in [-0.2, -0.15) is 5.26 Å². The summed E-state index contributed by atoms with van der Waals surface area (Å²) in [6.45, 7) is 0. The number of hydrogen-bond donors (Lipinski definition) is 1. The second-order valence-electron chi connectivity index (χ2n) is 3.23. The van der Waals surface area contributed by atoms with E-state index in [1.54, 1.807) is 30.3 Å². The Labute approximate surface area is 96.9 Å². The third-order valence-electron chi connectivity index (χ3n) is 2.19. The van der Waals surface area contributed by atoms with Gasteiger partial charge in [-0.15, -0.1) is 0 Å². The smallest absolute Gasteiger partial charge is 0.266 e. The second kappa shape index (κ2) is 4.21. The highest BCUT2D eigenvalue weighted by Crippen LogP contribution is 2.18. The first kappa shape index (κ1) is 10.5. The van der Waals surface area contributed by atoms with Gasteiger partial charge in [-0.3, -0.25) is 4.79 Å². The summed E-state index contributed by atoms with van der Waals surface area (Å²) in [7, 11) is 0. The molecule has 0 aliphatic carbocycles. The Hall–Kier alpha value is -2.05.